The van der Waals surface area contributed by atoms with E-state index in [1.165, 1.54) is 6.07 Å². The van der Waals surface area contributed by atoms with Crippen LogP contribution in [0.15, 0.2) is 18.2 Å². The first-order chi connectivity index (χ1) is 14.3. The summed E-state index contributed by atoms with van der Waals surface area (Å²) in [5.41, 5.74) is 0.273. The van der Waals surface area contributed by atoms with Crippen LogP contribution in [0, 0.1) is 11.7 Å². The number of esters is 1. The molecule has 2 N–H and O–H groups in total. The summed E-state index contributed by atoms with van der Waals surface area (Å²) in [6.07, 6.45) is 4.25. The normalized spacial score (nSPS) is 15.0. The molecule has 1 atom stereocenters. The van der Waals surface area contributed by atoms with Crippen LogP contribution in [0.3, 0.4) is 0 Å². The molecule has 7 nitrogen and oxygen atoms in total. The van der Waals surface area contributed by atoms with Crippen LogP contribution in [0.2, 0.25) is 0 Å². The second-order valence-corrected chi connectivity index (χ2v) is 9.51. The van der Waals surface area contributed by atoms with Crippen LogP contribution in [0.5, 0.6) is 5.75 Å². The monoisotopic (exact) mass is 444 g/mol. The van der Waals surface area contributed by atoms with Gasteiger partial charge in [0.1, 0.15) is 11.6 Å². The molecule has 0 heterocycles. The molecular weight excluding hydrogens is 411 g/mol. The molecule has 1 saturated carbocycles. The van der Waals surface area contributed by atoms with Gasteiger partial charge in [-0.15, -0.1) is 0 Å². The highest BCUT2D eigenvalue weighted by Crippen LogP contribution is 2.30. The molecule has 0 radical (unpaired) electrons. The van der Waals surface area contributed by atoms with Crippen LogP contribution < -0.4 is 14.8 Å². The molecule has 1 aromatic carbocycles. The Hall–Kier alpha value is -1.71. The predicted molar refractivity (Wildman–Crippen MR) is 113 cm³/mol. The Morgan fingerprint density at radius 1 is 1.27 bits per heavy atom. The zero-order valence-corrected chi connectivity index (χ0v) is 18.6. The number of hydrogen-bond acceptors (Lipinski definition) is 6. The van der Waals surface area contributed by atoms with Gasteiger partial charge >= 0.3 is 5.97 Å². The summed E-state index contributed by atoms with van der Waals surface area (Å²) in [5.74, 6) is 0.341. The van der Waals surface area contributed by atoms with Crippen molar-refractivity contribution in [1.82, 2.24) is 10.0 Å². The van der Waals surface area contributed by atoms with Crippen molar-refractivity contribution in [2.24, 2.45) is 5.92 Å². The van der Waals surface area contributed by atoms with Crippen LogP contribution in [0.4, 0.5) is 4.39 Å². The van der Waals surface area contributed by atoms with Gasteiger partial charge in [0.05, 0.1) is 25.5 Å². The molecular formula is C21H33FN2O5S. The molecule has 1 aliphatic carbocycles. The van der Waals surface area contributed by atoms with Gasteiger partial charge in [0, 0.05) is 11.6 Å². The van der Waals surface area contributed by atoms with Crippen molar-refractivity contribution in [2.75, 3.05) is 32.1 Å². The highest BCUT2D eigenvalue weighted by Gasteiger charge is 2.23. The summed E-state index contributed by atoms with van der Waals surface area (Å²) >= 11 is 0. The molecule has 0 unspecified atom stereocenters. The highest BCUT2D eigenvalue weighted by atomic mass is 32.2. The summed E-state index contributed by atoms with van der Waals surface area (Å²) in [6.45, 7) is 5.11. The minimum atomic E-state index is -3.54. The summed E-state index contributed by atoms with van der Waals surface area (Å²) in [7, 11) is -3.54. The number of rotatable bonds is 15. The van der Waals surface area contributed by atoms with Crippen LogP contribution in [-0.4, -0.2) is 46.4 Å². The van der Waals surface area contributed by atoms with E-state index in [0.29, 0.717) is 44.3 Å². The minimum absolute atomic E-state index is 0.0330. The van der Waals surface area contributed by atoms with Crippen molar-refractivity contribution in [3.05, 3.63) is 29.6 Å². The van der Waals surface area contributed by atoms with Gasteiger partial charge in [-0.3, -0.25) is 4.79 Å². The van der Waals surface area contributed by atoms with E-state index >= 15 is 0 Å². The molecule has 0 bridgehead atoms. The Morgan fingerprint density at radius 2 is 2.03 bits per heavy atom. The van der Waals surface area contributed by atoms with Gasteiger partial charge in [-0.25, -0.2) is 17.5 Å². The highest BCUT2D eigenvalue weighted by molar-refractivity contribution is 7.89. The van der Waals surface area contributed by atoms with Gasteiger partial charge in [0.25, 0.3) is 0 Å². The molecule has 0 aliphatic heterocycles. The summed E-state index contributed by atoms with van der Waals surface area (Å²) < 4.78 is 51.9. The molecule has 1 aliphatic rings. The van der Waals surface area contributed by atoms with Crippen molar-refractivity contribution >= 4 is 16.0 Å². The Kier molecular flexibility index (Phi) is 10.0. The largest absolute Gasteiger partial charge is 0.493 e. The molecule has 1 fully saturated rings. The fourth-order valence-corrected chi connectivity index (χ4v) is 4.32. The molecule has 170 valence electrons. The van der Waals surface area contributed by atoms with E-state index in [1.807, 2.05) is 0 Å². The zero-order chi connectivity index (χ0) is 22.0. The third-order valence-electron chi connectivity index (χ3n) is 4.81. The number of hydrogen-bond donors (Lipinski definition) is 2. The molecule has 2 rings (SSSR count). The lowest BCUT2D eigenvalue weighted by atomic mass is 10.1. The van der Waals surface area contributed by atoms with E-state index in [9.17, 15) is 17.6 Å². The third-order valence-corrected chi connectivity index (χ3v) is 6.35. The fourth-order valence-electron chi connectivity index (χ4n) is 2.96. The smallest absolute Gasteiger partial charge is 0.319 e. The zero-order valence-electron chi connectivity index (χ0n) is 17.8. The Labute approximate surface area is 178 Å². The molecule has 1 aromatic rings. The van der Waals surface area contributed by atoms with Crippen LogP contribution in [0.25, 0.3) is 0 Å². The lowest BCUT2D eigenvalue weighted by molar-refractivity contribution is -0.141. The number of unbranched alkanes of at least 4 members (excludes halogenated alkanes) is 2. The Balaban J connectivity index is 1.71. The van der Waals surface area contributed by atoms with Gasteiger partial charge in [0.15, 0.2) is 0 Å². The first-order valence-corrected chi connectivity index (χ1v) is 12.2. The van der Waals surface area contributed by atoms with Crippen molar-refractivity contribution < 1.29 is 27.1 Å². The van der Waals surface area contributed by atoms with Gasteiger partial charge in [-0.2, -0.15) is 0 Å². The van der Waals surface area contributed by atoms with Crippen molar-refractivity contribution in [3.8, 4) is 5.75 Å². The topological polar surface area (TPSA) is 93.7 Å². The van der Waals surface area contributed by atoms with Gasteiger partial charge in [-0.1, -0.05) is 6.42 Å². The maximum atomic E-state index is 14.2. The van der Waals surface area contributed by atoms with Crippen LogP contribution in [-0.2, 0) is 19.6 Å². The summed E-state index contributed by atoms with van der Waals surface area (Å²) in [6, 6.07) is 3.76. The maximum Gasteiger partial charge on any atom is 0.319 e. The second kappa shape index (κ2) is 12.2. The molecule has 0 aromatic heterocycles. The van der Waals surface area contributed by atoms with E-state index in [-0.39, 0.29) is 23.8 Å². The Bertz CT molecular complexity index is 784. The lowest BCUT2D eigenvalue weighted by Crippen LogP contribution is -2.30. The fraction of sp³-hybridized carbons (Fsp3) is 0.667. The first kappa shape index (κ1) is 24.6. The Morgan fingerprint density at radius 3 is 2.73 bits per heavy atom. The minimum Gasteiger partial charge on any atom is -0.493 e. The second-order valence-electron chi connectivity index (χ2n) is 7.64. The third kappa shape index (κ3) is 9.40. The van der Waals surface area contributed by atoms with Crippen molar-refractivity contribution in [1.29, 1.82) is 0 Å². The molecule has 0 spiro atoms. The lowest BCUT2D eigenvalue weighted by Gasteiger charge is -2.17. The molecule has 0 amide bonds. The average Bonchev–Trinajstić information content (AvgIpc) is 3.50. The van der Waals surface area contributed by atoms with Crippen LogP contribution in [0.1, 0.15) is 57.6 Å². The number of carbonyl (C=O) groups is 1. The SMILES string of the molecule is CCOC(=O)CNCCCCCS(=O)(=O)N[C@@H](C)c1cc(OCC2CC2)ccc1F. The van der Waals surface area contributed by atoms with Gasteiger partial charge in [0.2, 0.25) is 10.0 Å². The number of halogens is 1. The maximum absolute atomic E-state index is 14.2. The average molecular weight is 445 g/mol. The number of benzene rings is 1. The first-order valence-electron chi connectivity index (χ1n) is 10.6. The molecule has 30 heavy (non-hydrogen) atoms. The number of sulfonamides is 1. The summed E-state index contributed by atoms with van der Waals surface area (Å²) in [4.78, 5) is 11.2. The summed E-state index contributed by atoms with van der Waals surface area (Å²) in [5, 5.41) is 2.96. The van der Waals surface area contributed by atoms with Gasteiger partial charge < -0.3 is 14.8 Å². The standard InChI is InChI=1S/C21H33FN2O5S/c1-3-28-21(25)14-23-11-5-4-6-12-30(26,27)24-16(2)19-13-18(9-10-20(19)22)29-15-17-7-8-17/h9-10,13,16-17,23-24H,3-8,11-12,14-15H2,1-2H3/t16-/m0/s1. The number of carbonyl (C=O) groups excluding carboxylic acids is 1. The van der Waals surface area contributed by atoms with Crippen LogP contribution >= 0.6 is 0 Å². The van der Waals surface area contributed by atoms with Crippen molar-refractivity contribution in [3.63, 3.8) is 0 Å². The molecule has 9 heteroatoms. The van der Waals surface area contributed by atoms with E-state index in [0.717, 1.165) is 19.3 Å². The van der Waals surface area contributed by atoms with E-state index in [4.69, 9.17) is 9.47 Å². The predicted octanol–water partition coefficient (Wildman–Crippen LogP) is 2.92. The number of ether oxygens (including phenoxy) is 2. The van der Waals surface area contributed by atoms with E-state index in [2.05, 4.69) is 10.0 Å². The number of nitrogens with one attached hydrogen (secondary N) is 2. The van der Waals surface area contributed by atoms with E-state index in [1.54, 1.807) is 26.0 Å². The van der Waals surface area contributed by atoms with Gasteiger partial charge in [-0.05, 0) is 70.2 Å². The quantitative estimate of drug-likeness (QED) is 0.319. The van der Waals surface area contributed by atoms with E-state index < -0.39 is 21.9 Å². The van der Waals surface area contributed by atoms with Crippen molar-refractivity contribution in [2.45, 2.75) is 52.0 Å². The molecule has 0 saturated heterocycles.